The van der Waals surface area contributed by atoms with Gasteiger partial charge in [-0.3, -0.25) is 0 Å². The molecule has 0 saturated heterocycles. The molecule has 192 valence electrons. The Morgan fingerprint density at radius 1 is 0.789 bits per heavy atom. The molecule has 0 spiro atoms. The summed E-state index contributed by atoms with van der Waals surface area (Å²) < 4.78 is 13.6. The molecule has 1 heterocycles. The Hall–Kier alpha value is -4.51. The topological polar surface area (TPSA) is 43.7 Å². The van der Waals surface area contributed by atoms with Gasteiger partial charge in [-0.05, 0) is 66.4 Å². The minimum atomic E-state index is -0.347. The summed E-state index contributed by atoms with van der Waals surface area (Å²) in [5, 5.41) is 1.03. The van der Waals surface area contributed by atoms with Gasteiger partial charge in [-0.2, -0.15) is 0 Å². The van der Waals surface area contributed by atoms with Crippen LogP contribution >= 0.6 is 0 Å². The first-order chi connectivity index (χ1) is 18.6. The summed E-state index contributed by atoms with van der Waals surface area (Å²) >= 11 is 0. The highest BCUT2D eigenvalue weighted by Crippen LogP contribution is 2.39. The van der Waals surface area contributed by atoms with E-state index in [4.69, 9.17) is 9.47 Å². The van der Waals surface area contributed by atoms with Crippen LogP contribution in [0.1, 0.15) is 19.4 Å². The molecule has 38 heavy (non-hydrogen) atoms. The lowest BCUT2D eigenvalue weighted by Crippen LogP contribution is -2.33. The first-order valence-corrected chi connectivity index (χ1v) is 13.0. The zero-order valence-corrected chi connectivity index (χ0v) is 22.1. The van der Waals surface area contributed by atoms with E-state index in [9.17, 15) is 4.79 Å². The molecular weight excluding hydrogens is 472 g/mol. The summed E-state index contributed by atoms with van der Waals surface area (Å²) in [6, 6.07) is 32.9. The van der Waals surface area contributed by atoms with Gasteiger partial charge in [0.15, 0.2) is 0 Å². The average Bonchev–Trinajstić information content (AvgIpc) is 3.37. The fourth-order valence-corrected chi connectivity index (χ4v) is 4.91. The summed E-state index contributed by atoms with van der Waals surface area (Å²) in [7, 11) is 1.65. The highest BCUT2D eigenvalue weighted by molar-refractivity contribution is 5.99. The summed E-state index contributed by atoms with van der Waals surface area (Å²) in [6.07, 6.45) is 1.76. The monoisotopic (exact) mass is 504 g/mol. The predicted molar refractivity (Wildman–Crippen MR) is 154 cm³/mol. The standard InChI is InChI=1S/C33H32N2O3/c1-4-34(5-2)33(36)38-31-20-19-30-29(32(31)25-15-17-27(37-3)18-16-25)21-22-35(30)23-26-13-9-10-14-28(26)24-11-7-6-8-12-24/h6-22H,4-5,23H2,1-3H3. The van der Waals surface area contributed by atoms with Gasteiger partial charge in [0, 0.05) is 42.3 Å². The van der Waals surface area contributed by atoms with Crippen LogP contribution in [-0.4, -0.2) is 35.8 Å². The van der Waals surface area contributed by atoms with Crippen molar-refractivity contribution in [1.82, 2.24) is 9.47 Å². The van der Waals surface area contributed by atoms with Gasteiger partial charge in [0.25, 0.3) is 0 Å². The number of ether oxygens (including phenoxy) is 2. The average molecular weight is 505 g/mol. The summed E-state index contributed by atoms with van der Waals surface area (Å²) in [5.41, 5.74) is 6.57. The van der Waals surface area contributed by atoms with Crippen molar-refractivity contribution in [1.29, 1.82) is 0 Å². The van der Waals surface area contributed by atoms with Crippen LogP contribution in [0.3, 0.4) is 0 Å². The van der Waals surface area contributed by atoms with Gasteiger partial charge < -0.3 is 18.9 Å². The third-order valence-corrected chi connectivity index (χ3v) is 6.96. The predicted octanol–water partition coefficient (Wildman–Crippen LogP) is 7.87. The number of carbonyl (C=O) groups excluding carboxylic acids is 1. The molecule has 0 aliphatic heterocycles. The lowest BCUT2D eigenvalue weighted by atomic mass is 9.99. The Kier molecular flexibility index (Phi) is 7.45. The molecule has 5 aromatic rings. The molecular formula is C33H32N2O3. The molecule has 0 unspecified atom stereocenters. The molecule has 0 aliphatic rings. The van der Waals surface area contributed by atoms with Crippen LogP contribution in [-0.2, 0) is 6.54 Å². The summed E-state index contributed by atoms with van der Waals surface area (Å²) in [5.74, 6) is 1.32. The number of methoxy groups -OCH3 is 1. The molecule has 0 fully saturated rings. The lowest BCUT2D eigenvalue weighted by molar-refractivity contribution is 0.157. The first-order valence-electron chi connectivity index (χ1n) is 13.0. The fourth-order valence-electron chi connectivity index (χ4n) is 4.91. The van der Waals surface area contributed by atoms with E-state index in [1.54, 1.807) is 12.0 Å². The maximum atomic E-state index is 12.9. The van der Waals surface area contributed by atoms with Crippen LogP contribution in [0.15, 0.2) is 103 Å². The SMILES string of the molecule is CCN(CC)C(=O)Oc1ccc2c(ccn2Cc2ccccc2-c2ccccc2)c1-c1ccc(OC)cc1. The summed E-state index contributed by atoms with van der Waals surface area (Å²) in [6.45, 7) is 5.80. The highest BCUT2D eigenvalue weighted by atomic mass is 16.6. The minimum absolute atomic E-state index is 0.347. The number of benzene rings is 4. The molecule has 5 rings (SSSR count). The molecule has 0 atom stereocenters. The highest BCUT2D eigenvalue weighted by Gasteiger charge is 2.19. The molecule has 1 amide bonds. The maximum absolute atomic E-state index is 12.9. The third kappa shape index (κ3) is 5.00. The largest absolute Gasteiger partial charge is 0.497 e. The van der Waals surface area contributed by atoms with Crippen molar-refractivity contribution in [2.45, 2.75) is 20.4 Å². The van der Waals surface area contributed by atoms with Crippen LogP contribution in [0.25, 0.3) is 33.2 Å². The Bertz CT molecular complexity index is 1530. The van der Waals surface area contributed by atoms with E-state index in [2.05, 4.69) is 65.4 Å². The molecule has 5 nitrogen and oxygen atoms in total. The van der Waals surface area contributed by atoms with Gasteiger partial charge in [-0.25, -0.2) is 4.79 Å². The van der Waals surface area contributed by atoms with Crippen molar-refractivity contribution < 1.29 is 14.3 Å². The Balaban J connectivity index is 1.59. The maximum Gasteiger partial charge on any atom is 0.415 e. The van der Waals surface area contributed by atoms with Gasteiger partial charge >= 0.3 is 6.09 Å². The van der Waals surface area contributed by atoms with E-state index in [1.165, 1.54) is 16.7 Å². The fraction of sp³-hybridized carbons (Fsp3) is 0.182. The Morgan fingerprint density at radius 2 is 1.50 bits per heavy atom. The minimum Gasteiger partial charge on any atom is -0.497 e. The van der Waals surface area contributed by atoms with Crippen molar-refractivity contribution in [3.8, 4) is 33.8 Å². The van der Waals surface area contributed by atoms with E-state index in [0.717, 1.165) is 34.3 Å². The van der Waals surface area contributed by atoms with Crippen molar-refractivity contribution in [2.75, 3.05) is 20.2 Å². The molecule has 0 N–H and O–H groups in total. The van der Waals surface area contributed by atoms with Gasteiger partial charge in [0.05, 0.1) is 7.11 Å². The number of carbonyl (C=O) groups is 1. The second kappa shape index (κ2) is 11.3. The molecule has 0 saturated carbocycles. The van der Waals surface area contributed by atoms with Crippen LogP contribution < -0.4 is 9.47 Å². The third-order valence-electron chi connectivity index (χ3n) is 6.96. The van der Waals surface area contributed by atoms with E-state index in [1.807, 2.05) is 56.3 Å². The number of nitrogens with zero attached hydrogens (tertiary/aromatic N) is 2. The molecule has 0 aliphatic carbocycles. The van der Waals surface area contributed by atoms with Gasteiger partial charge in [0.2, 0.25) is 0 Å². The molecule has 0 radical (unpaired) electrons. The quantitative estimate of drug-likeness (QED) is 0.216. The molecule has 1 aromatic heterocycles. The zero-order chi connectivity index (χ0) is 26.5. The van der Waals surface area contributed by atoms with E-state index >= 15 is 0 Å². The molecule has 4 aromatic carbocycles. The second-order valence-electron chi connectivity index (χ2n) is 9.11. The normalized spacial score (nSPS) is 10.9. The Morgan fingerprint density at radius 3 is 2.21 bits per heavy atom. The van der Waals surface area contributed by atoms with Crippen LogP contribution in [0, 0.1) is 0 Å². The van der Waals surface area contributed by atoms with Crippen LogP contribution in [0.4, 0.5) is 4.79 Å². The number of fused-ring (bicyclic) bond motifs is 1. The van der Waals surface area contributed by atoms with Gasteiger partial charge in [-0.15, -0.1) is 0 Å². The lowest BCUT2D eigenvalue weighted by Gasteiger charge is -2.20. The van der Waals surface area contributed by atoms with Crippen molar-refractivity contribution >= 4 is 17.0 Å². The number of rotatable bonds is 8. The Labute approximate surface area is 223 Å². The van der Waals surface area contributed by atoms with Crippen molar-refractivity contribution in [3.63, 3.8) is 0 Å². The molecule has 5 heteroatoms. The first kappa shape index (κ1) is 25.2. The zero-order valence-electron chi connectivity index (χ0n) is 22.1. The second-order valence-corrected chi connectivity index (χ2v) is 9.11. The van der Waals surface area contributed by atoms with Crippen LogP contribution in [0.2, 0.25) is 0 Å². The van der Waals surface area contributed by atoms with E-state index in [0.29, 0.717) is 18.8 Å². The molecule has 0 bridgehead atoms. The summed E-state index contributed by atoms with van der Waals surface area (Å²) in [4.78, 5) is 14.6. The number of hydrogen-bond acceptors (Lipinski definition) is 3. The van der Waals surface area contributed by atoms with Gasteiger partial charge in [-0.1, -0.05) is 66.7 Å². The van der Waals surface area contributed by atoms with Crippen molar-refractivity contribution in [2.24, 2.45) is 0 Å². The van der Waals surface area contributed by atoms with E-state index < -0.39 is 0 Å². The van der Waals surface area contributed by atoms with Gasteiger partial charge in [0.1, 0.15) is 11.5 Å². The number of aromatic nitrogens is 1. The van der Waals surface area contributed by atoms with Crippen LogP contribution in [0.5, 0.6) is 11.5 Å². The van der Waals surface area contributed by atoms with Crippen molar-refractivity contribution in [3.05, 3.63) is 109 Å². The number of hydrogen-bond donors (Lipinski definition) is 0. The number of amides is 1. The smallest absolute Gasteiger partial charge is 0.415 e. The van der Waals surface area contributed by atoms with E-state index in [-0.39, 0.29) is 6.09 Å².